The lowest BCUT2D eigenvalue weighted by Crippen LogP contribution is -2.16. The van der Waals surface area contributed by atoms with Gasteiger partial charge in [-0.15, -0.1) is 0 Å². The summed E-state index contributed by atoms with van der Waals surface area (Å²) >= 11 is 0. The zero-order valence-corrected chi connectivity index (χ0v) is 20.0. The van der Waals surface area contributed by atoms with Crippen molar-refractivity contribution in [1.29, 1.82) is 0 Å². The average Bonchev–Trinajstić information content (AvgIpc) is 2.86. The van der Waals surface area contributed by atoms with Crippen LogP contribution in [0.3, 0.4) is 0 Å². The van der Waals surface area contributed by atoms with Crippen molar-refractivity contribution in [2.45, 2.75) is 25.3 Å². The van der Waals surface area contributed by atoms with Gasteiger partial charge in [-0.05, 0) is 91.2 Å². The Morgan fingerprint density at radius 1 is 0.914 bits per heavy atom. The lowest BCUT2D eigenvalue weighted by Gasteiger charge is -2.12. The van der Waals surface area contributed by atoms with Crippen LogP contribution in [0, 0.1) is 13.8 Å². The average molecular weight is 489 g/mol. The number of hydrogen-bond donors (Lipinski definition) is 2. The number of nitrogens with one attached hydrogen (secondary N) is 2. The Morgan fingerprint density at radius 2 is 1.66 bits per heavy atom. The number of sulfonamides is 1. The maximum atomic E-state index is 12.8. The first kappa shape index (κ1) is 23.9. The molecule has 0 unspecified atom stereocenters. The molecular formula is C26H24N4O4S. The lowest BCUT2D eigenvalue weighted by atomic mass is 10.1. The Kier molecular flexibility index (Phi) is 7.07. The maximum absolute atomic E-state index is 12.8. The fourth-order valence-corrected chi connectivity index (χ4v) is 4.27. The zero-order chi connectivity index (χ0) is 24.8. The number of anilines is 2. The van der Waals surface area contributed by atoms with Gasteiger partial charge in [0.1, 0.15) is 6.61 Å². The highest BCUT2D eigenvalue weighted by Gasteiger charge is 2.17. The monoisotopic (exact) mass is 488 g/mol. The molecule has 9 heteroatoms. The summed E-state index contributed by atoms with van der Waals surface area (Å²) in [5.74, 6) is 0.234. The van der Waals surface area contributed by atoms with Crippen LogP contribution in [0.2, 0.25) is 0 Å². The topological polar surface area (TPSA) is 110 Å². The zero-order valence-electron chi connectivity index (χ0n) is 19.2. The summed E-state index contributed by atoms with van der Waals surface area (Å²) in [5, 5.41) is 2.72. The number of pyridine rings is 2. The van der Waals surface area contributed by atoms with Crippen LogP contribution in [0.1, 0.15) is 27.0 Å². The van der Waals surface area contributed by atoms with Gasteiger partial charge >= 0.3 is 0 Å². The molecule has 0 aliphatic rings. The van der Waals surface area contributed by atoms with Crippen molar-refractivity contribution in [2.75, 3.05) is 10.0 Å². The molecule has 8 nitrogen and oxygen atoms in total. The molecule has 1 amide bonds. The third-order valence-electron chi connectivity index (χ3n) is 5.33. The Labute approximate surface area is 204 Å². The fourth-order valence-electron chi connectivity index (χ4n) is 3.23. The van der Waals surface area contributed by atoms with Gasteiger partial charge < -0.3 is 10.1 Å². The van der Waals surface area contributed by atoms with Crippen LogP contribution in [0.25, 0.3) is 0 Å². The van der Waals surface area contributed by atoms with Crippen LogP contribution < -0.4 is 14.8 Å². The Morgan fingerprint density at radius 3 is 2.37 bits per heavy atom. The third-order valence-corrected chi connectivity index (χ3v) is 6.73. The van der Waals surface area contributed by atoms with Crippen molar-refractivity contribution in [3.63, 3.8) is 0 Å². The predicted octanol–water partition coefficient (Wildman–Crippen LogP) is 4.73. The van der Waals surface area contributed by atoms with E-state index >= 15 is 0 Å². The number of ether oxygens (including phenoxy) is 1. The molecule has 2 aromatic carbocycles. The minimum Gasteiger partial charge on any atom is -0.485 e. The van der Waals surface area contributed by atoms with Crippen molar-refractivity contribution < 1.29 is 17.9 Å². The molecule has 0 aliphatic carbocycles. The molecule has 0 aliphatic heterocycles. The van der Waals surface area contributed by atoms with E-state index in [-0.39, 0.29) is 22.9 Å². The number of rotatable bonds is 8. The Bertz CT molecular complexity index is 1440. The van der Waals surface area contributed by atoms with E-state index < -0.39 is 15.9 Å². The van der Waals surface area contributed by atoms with Gasteiger partial charge in [0, 0.05) is 29.8 Å². The van der Waals surface area contributed by atoms with Crippen molar-refractivity contribution in [1.82, 2.24) is 9.97 Å². The SMILES string of the molecule is Cc1ccc(NS(=O)(=O)c2ccc(C(=O)Nc3ncccc3OCc3ccncc3)cc2)cc1C. The van der Waals surface area contributed by atoms with Gasteiger partial charge in [-0.25, -0.2) is 13.4 Å². The normalized spacial score (nSPS) is 11.0. The second-order valence-corrected chi connectivity index (χ2v) is 9.56. The van der Waals surface area contributed by atoms with Crippen LogP contribution in [0.4, 0.5) is 11.5 Å². The number of benzene rings is 2. The van der Waals surface area contributed by atoms with Gasteiger partial charge in [-0.1, -0.05) is 6.07 Å². The number of aryl methyl sites for hydroxylation is 2. The second-order valence-electron chi connectivity index (χ2n) is 7.88. The van der Waals surface area contributed by atoms with Gasteiger partial charge in [0.15, 0.2) is 11.6 Å². The van der Waals surface area contributed by atoms with Crippen molar-refractivity contribution in [3.8, 4) is 5.75 Å². The Balaban J connectivity index is 1.44. The number of carbonyl (C=O) groups excluding carboxylic acids is 1. The summed E-state index contributed by atoms with van der Waals surface area (Å²) in [5.41, 5.74) is 3.73. The summed E-state index contributed by atoms with van der Waals surface area (Å²) < 4.78 is 33.9. The molecule has 0 atom stereocenters. The molecular weight excluding hydrogens is 464 g/mol. The Hall–Kier alpha value is -4.24. The summed E-state index contributed by atoms with van der Waals surface area (Å²) in [6.07, 6.45) is 4.89. The van der Waals surface area contributed by atoms with Gasteiger partial charge in [-0.2, -0.15) is 0 Å². The first-order valence-electron chi connectivity index (χ1n) is 10.8. The molecule has 178 valence electrons. The van der Waals surface area contributed by atoms with Crippen LogP contribution in [-0.2, 0) is 16.6 Å². The smallest absolute Gasteiger partial charge is 0.261 e. The van der Waals surface area contributed by atoms with E-state index in [4.69, 9.17) is 4.74 Å². The van der Waals surface area contributed by atoms with Crippen LogP contribution in [0.15, 0.2) is 90.2 Å². The molecule has 0 spiro atoms. The van der Waals surface area contributed by atoms with Crippen molar-refractivity contribution >= 4 is 27.4 Å². The quantitative estimate of drug-likeness (QED) is 0.371. The van der Waals surface area contributed by atoms with Gasteiger partial charge in [-0.3, -0.25) is 14.5 Å². The minimum atomic E-state index is -3.80. The summed E-state index contributed by atoms with van der Waals surface area (Å²) in [6.45, 7) is 4.16. The molecule has 4 aromatic rings. The van der Waals surface area contributed by atoms with Gasteiger partial charge in [0.25, 0.3) is 15.9 Å². The molecule has 0 fully saturated rings. The van der Waals surface area contributed by atoms with E-state index in [1.807, 2.05) is 32.0 Å². The van der Waals surface area contributed by atoms with Gasteiger partial charge in [0.2, 0.25) is 0 Å². The van der Waals surface area contributed by atoms with Gasteiger partial charge in [0.05, 0.1) is 4.90 Å². The van der Waals surface area contributed by atoms with Crippen LogP contribution in [0.5, 0.6) is 5.75 Å². The van der Waals surface area contributed by atoms with E-state index in [0.717, 1.165) is 16.7 Å². The molecule has 2 aromatic heterocycles. The third kappa shape index (κ3) is 6.01. The summed E-state index contributed by atoms with van der Waals surface area (Å²) in [6, 6.07) is 18.1. The molecule has 0 radical (unpaired) electrons. The van der Waals surface area contributed by atoms with Crippen molar-refractivity contribution in [2.24, 2.45) is 0 Å². The molecule has 2 N–H and O–H groups in total. The predicted molar refractivity (Wildman–Crippen MR) is 134 cm³/mol. The number of amides is 1. The second kappa shape index (κ2) is 10.4. The first-order valence-corrected chi connectivity index (χ1v) is 12.3. The largest absolute Gasteiger partial charge is 0.485 e. The van der Waals surface area contributed by atoms with E-state index in [2.05, 4.69) is 20.0 Å². The van der Waals surface area contributed by atoms with E-state index in [9.17, 15) is 13.2 Å². The maximum Gasteiger partial charge on any atom is 0.261 e. The fraction of sp³-hybridized carbons (Fsp3) is 0.115. The highest BCUT2D eigenvalue weighted by atomic mass is 32.2. The molecule has 4 rings (SSSR count). The van der Waals surface area contributed by atoms with Crippen molar-refractivity contribution in [3.05, 3.63) is 108 Å². The van der Waals surface area contributed by atoms with E-state index in [1.165, 1.54) is 24.3 Å². The standard InChI is InChI=1S/C26H24N4O4S/c1-18-5-8-22(16-19(18)2)30-35(32,33)23-9-6-21(7-10-23)26(31)29-25-24(4-3-13-28-25)34-17-20-11-14-27-15-12-20/h3-16,30H,17H2,1-2H3,(H,28,29,31). The molecule has 0 saturated heterocycles. The van der Waals surface area contributed by atoms with Crippen LogP contribution >= 0.6 is 0 Å². The summed E-state index contributed by atoms with van der Waals surface area (Å²) in [7, 11) is -3.80. The number of hydrogen-bond acceptors (Lipinski definition) is 6. The lowest BCUT2D eigenvalue weighted by molar-refractivity contribution is 0.102. The number of carbonyl (C=O) groups is 1. The summed E-state index contributed by atoms with van der Waals surface area (Å²) in [4.78, 5) is 21.0. The highest BCUT2D eigenvalue weighted by molar-refractivity contribution is 7.92. The first-order chi connectivity index (χ1) is 16.8. The number of aromatic nitrogens is 2. The number of nitrogens with zero attached hydrogens (tertiary/aromatic N) is 2. The molecule has 35 heavy (non-hydrogen) atoms. The molecule has 0 bridgehead atoms. The van der Waals surface area contributed by atoms with E-state index in [1.54, 1.807) is 42.9 Å². The minimum absolute atomic E-state index is 0.0477. The van der Waals surface area contributed by atoms with E-state index in [0.29, 0.717) is 11.4 Å². The highest BCUT2D eigenvalue weighted by Crippen LogP contribution is 2.24. The molecule has 0 saturated carbocycles. The molecule has 2 heterocycles. The van der Waals surface area contributed by atoms with Crippen LogP contribution in [-0.4, -0.2) is 24.3 Å².